The summed E-state index contributed by atoms with van der Waals surface area (Å²) in [5.41, 5.74) is 1.65. The molecule has 1 fully saturated rings. The van der Waals surface area contributed by atoms with Crippen molar-refractivity contribution in [3.05, 3.63) is 29.1 Å². The number of hydrogen-bond acceptors (Lipinski definition) is 3. The molecule has 1 atom stereocenters. The maximum absolute atomic E-state index is 5.91. The molecular weight excluding hydrogens is 224 g/mol. The number of oxazole rings is 1. The highest BCUT2D eigenvalue weighted by atomic mass is 35.5. The smallest absolute Gasteiger partial charge is 0.212 e. The molecule has 1 saturated heterocycles. The molecule has 0 saturated carbocycles. The molecule has 4 heteroatoms. The number of benzene rings is 1. The number of rotatable bonds is 1. The third-order valence-corrected chi connectivity index (χ3v) is 3.21. The molecule has 0 spiro atoms. The number of nitrogens with one attached hydrogen (secondary N) is 1. The van der Waals surface area contributed by atoms with Crippen molar-refractivity contribution >= 4 is 22.7 Å². The molecule has 1 aromatic heterocycles. The Hall–Kier alpha value is -1.06. The standard InChI is InChI=1S/C12H13ClN2O/c13-8-4-5-9-11(7-8)16-12(15-9)10-3-1-2-6-14-10/h4-5,7,10,14H,1-3,6H2. The fourth-order valence-electron chi connectivity index (χ4n) is 2.13. The summed E-state index contributed by atoms with van der Waals surface area (Å²) in [5, 5.41) is 4.11. The van der Waals surface area contributed by atoms with E-state index in [2.05, 4.69) is 10.3 Å². The van der Waals surface area contributed by atoms with Gasteiger partial charge in [0.2, 0.25) is 5.89 Å². The van der Waals surface area contributed by atoms with Crippen molar-refractivity contribution in [3.8, 4) is 0 Å². The van der Waals surface area contributed by atoms with Gasteiger partial charge in [-0.3, -0.25) is 0 Å². The van der Waals surface area contributed by atoms with E-state index < -0.39 is 0 Å². The van der Waals surface area contributed by atoms with Crippen molar-refractivity contribution in [1.29, 1.82) is 0 Å². The van der Waals surface area contributed by atoms with E-state index in [1.54, 1.807) is 0 Å². The average Bonchev–Trinajstić information content (AvgIpc) is 2.73. The predicted octanol–water partition coefficient (Wildman–Crippen LogP) is 3.30. The first kappa shape index (κ1) is 10.1. The topological polar surface area (TPSA) is 38.1 Å². The summed E-state index contributed by atoms with van der Waals surface area (Å²) in [6.45, 7) is 1.05. The minimum absolute atomic E-state index is 0.264. The summed E-state index contributed by atoms with van der Waals surface area (Å²) in [6.07, 6.45) is 3.57. The van der Waals surface area contributed by atoms with E-state index in [1.807, 2.05) is 18.2 Å². The number of nitrogens with zero attached hydrogens (tertiary/aromatic N) is 1. The largest absolute Gasteiger partial charge is 0.439 e. The summed E-state index contributed by atoms with van der Waals surface area (Å²) in [7, 11) is 0. The van der Waals surface area contributed by atoms with Gasteiger partial charge in [-0.1, -0.05) is 18.0 Å². The van der Waals surface area contributed by atoms with Crippen molar-refractivity contribution in [2.24, 2.45) is 0 Å². The normalized spacial score (nSPS) is 21.4. The van der Waals surface area contributed by atoms with Gasteiger partial charge in [0, 0.05) is 11.1 Å². The van der Waals surface area contributed by atoms with Gasteiger partial charge in [0.25, 0.3) is 0 Å². The van der Waals surface area contributed by atoms with Crippen LogP contribution in [-0.4, -0.2) is 11.5 Å². The summed E-state index contributed by atoms with van der Waals surface area (Å²) in [6, 6.07) is 5.81. The van der Waals surface area contributed by atoms with Crippen molar-refractivity contribution in [2.75, 3.05) is 6.54 Å². The van der Waals surface area contributed by atoms with Crippen molar-refractivity contribution in [1.82, 2.24) is 10.3 Å². The van der Waals surface area contributed by atoms with Crippen LogP contribution >= 0.6 is 11.6 Å². The Balaban J connectivity index is 1.97. The SMILES string of the molecule is Clc1ccc2nc(C3CCCCN3)oc2c1. The van der Waals surface area contributed by atoms with Crippen LogP contribution in [-0.2, 0) is 0 Å². The minimum Gasteiger partial charge on any atom is -0.439 e. The van der Waals surface area contributed by atoms with Gasteiger partial charge in [0.15, 0.2) is 5.58 Å². The Labute approximate surface area is 98.8 Å². The average molecular weight is 237 g/mol. The maximum Gasteiger partial charge on any atom is 0.212 e. The highest BCUT2D eigenvalue weighted by molar-refractivity contribution is 6.31. The molecule has 1 aliphatic rings. The molecule has 2 heterocycles. The van der Waals surface area contributed by atoms with E-state index in [-0.39, 0.29) is 6.04 Å². The van der Waals surface area contributed by atoms with E-state index >= 15 is 0 Å². The van der Waals surface area contributed by atoms with Crippen molar-refractivity contribution in [2.45, 2.75) is 25.3 Å². The van der Waals surface area contributed by atoms with Crippen LogP contribution in [0.5, 0.6) is 0 Å². The van der Waals surface area contributed by atoms with Gasteiger partial charge in [-0.05, 0) is 31.5 Å². The third-order valence-electron chi connectivity index (χ3n) is 2.98. The molecule has 0 amide bonds. The Morgan fingerprint density at radius 2 is 2.31 bits per heavy atom. The molecule has 2 aromatic rings. The van der Waals surface area contributed by atoms with Gasteiger partial charge in [0.1, 0.15) is 5.52 Å². The predicted molar refractivity (Wildman–Crippen MR) is 63.6 cm³/mol. The number of aromatic nitrogens is 1. The minimum atomic E-state index is 0.264. The molecule has 1 unspecified atom stereocenters. The molecule has 16 heavy (non-hydrogen) atoms. The number of fused-ring (bicyclic) bond motifs is 1. The second-order valence-corrected chi connectivity index (χ2v) is 4.60. The lowest BCUT2D eigenvalue weighted by atomic mass is 10.1. The zero-order chi connectivity index (χ0) is 11.0. The summed E-state index contributed by atoms with van der Waals surface area (Å²) in [5.74, 6) is 0.789. The molecule has 1 aromatic carbocycles. The second-order valence-electron chi connectivity index (χ2n) is 4.17. The van der Waals surface area contributed by atoms with Gasteiger partial charge in [0.05, 0.1) is 6.04 Å². The lowest BCUT2D eigenvalue weighted by Gasteiger charge is -2.19. The molecule has 1 N–H and O–H groups in total. The molecule has 1 aliphatic heterocycles. The Morgan fingerprint density at radius 3 is 3.12 bits per heavy atom. The first-order chi connectivity index (χ1) is 7.83. The fraction of sp³-hybridized carbons (Fsp3) is 0.417. The van der Waals surface area contributed by atoms with E-state index in [1.165, 1.54) is 12.8 Å². The highest BCUT2D eigenvalue weighted by Crippen LogP contribution is 2.27. The van der Waals surface area contributed by atoms with E-state index in [4.69, 9.17) is 16.0 Å². The van der Waals surface area contributed by atoms with E-state index in [9.17, 15) is 0 Å². The first-order valence-corrected chi connectivity index (χ1v) is 6.00. The molecule has 3 nitrogen and oxygen atoms in total. The van der Waals surface area contributed by atoms with Crippen LogP contribution in [0, 0.1) is 0 Å². The molecule has 0 radical (unpaired) electrons. The summed E-state index contributed by atoms with van der Waals surface area (Å²) >= 11 is 5.91. The van der Waals surface area contributed by atoms with Crippen molar-refractivity contribution in [3.63, 3.8) is 0 Å². The van der Waals surface area contributed by atoms with Crippen molar-refractivity contribution < 1.29 is 4.42 Å². The van der Waals surface area contributed by atoms with E-state index in [0.29, 0.717) is 5.02 Å². The third kappa shape index (κ3) is 1.81. The molecule has 3 rings (SSSR count). The number of halogens is 1. The molecular formula is C12H13ClN2O. The monoisotopic (exact) mass is 236 g/mol. The van der Waals surface area contributed by atoms with Gasteiger partial charge in [-0.15, -0.1) is 0 Å². The Bertz CT molecular complexity index is 503. The van der Waals surface area contributed by atoms with Gasteiger partial charge >= 0.3 is 0 Å². The van der Waals surface area contributed by atoms with Crippen LogP contribution in [0.15, 0.2) is 22.6 Å². The maximum atomic E-state index is 5.91. The quantitative estimate of drug-likeness (QED) is 0.826. The number of piperidine rings is 1. The van der Waals surface area contributed by atoms with Gasteiger partial charge < -0.3 is 9.73 Å². The first-order valence-electron chi connectivity index (χ1n) is 5.62. The molecule has 84 valence electrons. The summed E-state index contributed by atoms with van der Waals surface area (Å²) < 4.78 is 5.73. The van der Waals surface area contributed by atoms with Gasteiger partial charge in [-0.2, -0.15) is 0 Å². The lowest BCUT2D eigenvalue weighted by Crippen LogP contribution is -2.26. The zero-order valence-corrected chi connectivity index (χ0v) is 9.63. The number of hydrogen-bond donors (Lipinski definition) is 1. The van der Waals surface area contributed by atoms with Crippen LogP contribution in [0.1, 0.15) is 31.2 Å². The van der Waals surface area contributed by atoms with Crippen LogP contribution < -0.4 is 5.32 Å². The lowest BCUT2D eigenvalue weighted by molar-refractivity contribution is 0.347. The van der Waals surface area contributed by atoms with Crippen LogP contribution in [0.3, 0.4) is 0 Å². The molecule has 0 aliphatic carbocycles. The second kappa shape index (κ2) is 4.07. The Kier molecular flexibility index (Phi) is 2.58. The highest BCUT2D eigenvalue weighted by Gasteiger charge is 2.20. The zero-order valence-electron chi connectivity index (χ0n) is 8.87. The summed E-state index contributed by atoms with van der Waals surface area (Å²) in [4.78, 5) is 4.49. The molecule has 0 bridgehead atoms. The van der Waals surface area contributed by atoms with Crippen LogP contribution in [0.25, 0.3) is 11.1 Å². The van der Waals surface area contributed by atoms with Crippen LogP contribution in [0.4, 0.5) is 0 Å². The Morgan fingerprint density at radius 1 is 1.38 bits per heavy atom. The van der Waals surface area contributed by atoms with E-state index in [0.717, 1.165) is 30.0 Å². The van der Waals surface area contributed by atoms with Crippen LogP contribution in [0.2, 0.25) is 5.02 Å². The van der Waals surface area contributed by atoms with Gasteiger partial charge in [-0.25, -0.2) is 4.98 Å². The fourth-order valence-corrected chi connectivity index (χ4v) is 2.29.